The third-order valence-electron chi connectivity index (χ3n) is 13.6. The van der Waals surface area contributed by atoms with Gasteiger partial charge in [-0.05, 0) is 61.7 Å². The first-order valence-electron chi connectivity index (χ1n) is 27.3. The average molecular weight is 1120 g/mol. The van der Waals surface area contributed by atoms with E-state index in [9.17, 15) is 14.7 Å². The van der Waals surface area contributed by atoms with Crippen molar-refractivity contribution in [1.82, 2.24) is 5.32 Å². The predicted octanol–water partition coefficient (Wildman–Crippen LogP) is 16.2. The molecule has 2 aromatic carbocycles. The molecular formula is C55H91Cl3NO12PSi. The Morgan fingerprint density at radius 1 is 0.712 bits per heavy atom. The van der Waals surface area contributed by atoms with Gasteiger partial charge in [0.1, 0.15) is 48.6 Å². The Morgan fingerprint density at radius 2 is 1.19 bits per heavy atom. The first-order valence-corrected chi connectivity index (χ1v) is 32.8. The van der Waals surface area contributed by atoms with Gasteiger partial charge in [-0.2, -0.15) is 0 Å². The number of esters is 1. The summed E-state index contributed by atoms with van der Waals surface area (Å²) in [7, 11) is -7.19. The predicted molar refractivity (Wildman–Crippen MR) is 296 cm³/mol. The number of phosphoric ester groups is 1. The van der Waals surface area contributed by atoms with Crippen LogP contribution in [0.2, 0.25) is 18.1 Å². The number of rotatable bonds is 38. The Bertz CT molecular complexity index is 1780. The summed E-state index contributed by atoms with van der Waals surface area (Å²) in [5, 5.41) is 14.2. The molecule has 0 spiro atoms. The molecule has 1 heterocycles. The van der Waals surface area contributed by atoms with Crippen molar-refractivity contribution in [3.8, 4) is 11.5 Å². The lowest BCUT2D eigenvalue weighted by Gasteiger charge is -2.46. The fourth-order valence-corrected chi connectivity index (χ4v) is 10.9. The molecule has 0 bridgehead atoms. The Morgan fingerprint density at radius 3 is 1.67 bits per heavy atom. The van der Waals surface area contributed by atoms with Crippen molar-refractivity contribution < 1.29 is 56.2 Å². The molecule has 3 rings (SSSR count). The molecule has 13 nitrogen and oxygen atoms in total. The van der Waals surface area contributed by atoms with Crippen LogP contribution in [0, 0.1) is 0 Å². The van der Waals surface area contributed by atoms with Crippen LogP contribution in [0.1, 0.15) is 182 Å². The summed E-state index contributed by atoms with van der Waals surface area (Å²) in [5.41, 5.74) is 0. The number of aliphatic hydroxyl groups excluding tert-OH is 1. The van der Waals surface area contributed by atoms with Crippen LogP contribution in [0.3, 0.4) is 0 Å². The van der Waals surface area contributed by atoms with E-state index in [1.54, 1.807) is 60.7 Å². The minimum atomic E-state index is -4.70. The van der Waals surface area contributed by atoms with E-state index in [4.69, 9.17) is 71.7 Å². The second-order valence-corrected chi connectivity index (χ2v) is 29.8. The summed E-state index contributed by atoms with van der Waals surface area (Å²) in [6, 6.07) is 15.4. The number of carbonyl (C=O) groups is 2. The number of alkyl carbamates (subject to hydrolysis) is 1. The largest absolute Gasteiger partial charge is 0.588 e. The number of amides is 1. The molecule has 0 unspecified atom stereocenters. The number of hydrogen-bond donors (Lipinski definition) is 2. The lowest BCUT2D eigenvalue weighted by molar-refractivity contribution is -0.257. The Hall–Kier alpha value is -2.10. The van der Waals surface area contributed by atoms with Gasteiger partial charge in [-0.15, -0.1) is 0 Å². The summed E-state index contributed by atoms with van der Waals surface area (Å²) in [6.07, 6.45) is 17.3. The van der Waals surface area contributed by atoms with E-state index in [2.05, 4.69) is 53.0 Å². The van der Waals surface area contributed by atoms with Gasteiger partial charge < -0.3 is 42.8 Å². The average Bonchev–Trinajstić information content (AvgIpc) is 3.33. The topological polar surface area (TPSA) is 157 Å². The van der Waals surface area contributed by atoms with Gasteiger partial charge >= 0.3 is 19.9 Å². The lowest BCUT2D eigenvalue weighted by atomic mass is 9.96. The van der Waals surface area contributed by atoms with E-state index >= 15 is 4.57 Å². The van der Waals surface area contributed by atoms with Crippen LogP contribution in [0.15, 0.2) is 60.7 Å². The first-order chi connectivity index (χ1) is 34.8. The molecule has 1 fully saturated rings. The van der Waals surface area contributed by atoms with Crippen molar-refractivity contribution in [2.45, 2.75) is 241 Å². The van der Waals surface area contributed by atoms with Crippen LogP contribution in [0.5, 0.6) is 11.5 Å². The van der Waals surface area contributed by atoms with Crippen LogP contribution in [-0.2, 0) is 37.3 Å². The molecule has 1 aliphatic heterocycles. The molecule has 418 valence electrons. The summed E-state index contributed by atoms with van der Waals surface area (Å²) >= 11 is 17.8. The van der Waals surface area contributed by atoms with E-state index < -0.39 is 69.4 Å². The maximum Gasteiger partial charge on any atom is 0.588 e. The lowest BCUT2D eigenvalue weighted by Crippen LogP contribution is -2.66. The van der Waals surface area contributed by atoms with Crippen molar-refractivity contribution in [2.24, 2.45) is 0 Å². The first kappa shape index (κ1) is 65.2. The maximum atomic E-state index is 15.2. The molecule has 0 aromatic heterocycles. The number of hydrogen-bond acceptors (Lipinski definition) is 12. The number of alkyl halides is 3. The summed E-state index contributed by atoms with van der Waals surface area (Å²) in [4.78, 5) is 26.9. The molecule has 1 amide bonds. The highest BCUT2D eigenvalue weighted by atomic mass is 35.6. The number of phosphoric acid groups is 1. The van der Waals surface area contributed by atoms with Gasteiger partial charge in [-0.1, -0.05) is 221 Å². The SMILES string of the molecule is CCCCCCCCCCCCCC(=O)O[C@H](CCCCCCCCCCC)CCO[C@@H]1[C@@H](NC(=O)OCC(Cl)(Cl)Cl)[C@@H](O)O[C@H](CO[Si](C)(C)C(C)(C)C)[C@H]1OP(=O)(Oc1ccccc1)Oc1ccccc1. The van der Waals surface area contributed by atoms with E-state index in [-0.39, 0.29) is 42.1 Å². The van der Waals surface area contributed by atoms with Gasteiger partial charge in [0.15, 0.2) is 14.6 Å². The molecule has 73 heavy (non-hydrogen) atoms. The molecule has 2 aromatic rings. The number of para-hydroxylation sites is 2. The van der Waals surface area contributed by atoms with Gasteiger partial charge in [-0.3, -0.25) is 9.32 Å². The number of unbranched alkanes of at least 4 members (excludes halogenated alkanes) is 18. The van der Waals surface area contributed by atoms with Gasteiger partial charge in [0.05, 0.1) is 13.2 Å². The number of carbonyl (C=O) groups excluding carboxylic acids is 2. The molecule has 1 aliphatic rings. The van der Waals surface area contributed by atoms with Gasteiger partial charge in [0.2, 0.25) is 3.79 Å². The zero-order valence-electron chi connectivity index (χ0n) is 45.1. The standard InChI is InChI=1S/C55H91Cl3NO12PSi/c1-8-10-12-14-16-18-19-21-23-25-33-39-48(60)67-44(34-28-24-22-20-17-15-13-11-9-2)40-41-64-51-49(59-53(62)65-43-55(56,57)58)52(61)68-47(42-66-73(6,7)54(3,4)5)50(51)71-72(63,69-45-35-29-26-30-36-45)70-46-37-31-27-32-38-46/h26-27,29-32,35-38,44,47,49-52,61H,8-25,28,33-34,39-43H2,1-7H3,(H,59,62)/t44-,47-,49-,50-,51-,52+/m1/s1. The monoisotopic (exact) mass is 1120 g/mol. The third kappa shape index (κ3) is 27.7. The minimum absolute atomic E-state index is 0.0361. The molecule has 1 saturated heterocycles. The quantitative estimate of drug-likeness (QED) is 0.0216. The highest BCUT2D eigenvalue weighted by Gasteiger charge is 2.53. The van der Waals surface area contributed by atoms with E-state index in [0.717, 1.165) is 44.9 Å². The second kappa shape index (κ2) is 35.3. The number of benzene rings is 2. The molecule has 2 N–H and O–H groups in total. The van der Waals surface area contributed by atoms with Crippen LogP contribution in [-0.4, -0.2) is 85.8 Å². The fourth-order valence-electron chi connectivity index (χ4n) is 8.26. The maximum absolute atomic E-state index is 15.2. The van der Waals surface area contributed by atoms with Crippen LogP contribution in [0.25, 0.3) is 0 Å². The molecule has 6 atom stereocenters. The smallest absolute Gasteiger partial charge is 0.462 e. The summed E-state index contributed by atoms with van der Waals surface area (Å²) < 4.78 is 63.0. The van der Waals surface area contributed by atoms with E-state index in [1.807, 2.05) is 0 Å². The Balaban J connectivity index is 1.93. The third-order valence-corrected chi connectivity index (χ3v) is 19.8. The van der Waals surface area contributed by atoms with Crippen molar-refractivity contribution in [2.75, 3.05) is 19.8 Å². The fraction of sp³-hybridized carbons (Fsp3) is 0.745. The van der Waals surface area contributed by atoms with E-state index in [0.29, 0.717) is 12.8 Å². The highest BCUT2D eigenvalue weighted by Crippen LogP contribution is 2.52. The normalized spacial score (nSPS) is 19.0. The number of ether oxygens (including phenoxy) is 4. The minimum Gasteiger partial charge on any atom is -0.462 e. The van der Waals surface area contributed by atoms with E-state index in [1.165, 1.54) is 83.5 Å². The van der Waals surface area contributed by atoms with Gasteiger partial charge in [-0.25, -0.2) is 9.36 Å². The Labute approximate surface area is 455 Å². The highest BCUT2D eigenvalue weighted by molar-refractivity contribution is 7.49. The summed E-state index contributed by atoms with van der Waals surface area (Å²) in [6.45, 7) is 14.1. The molecule has 0 saturated carbocycles. The van der Waals surface area contributed by atoms with Crippen molar-refractivity contribution >= 4 is 63.0 Å². The van der Waals surface area contributed by atoms with Gasteiger partial charge in [0, 0.05) is 12.8 Å². The van der Waals surface area contributed by atoms with Crippen molar-refractivity contribution in [3.63, 3.8) is 0 Å². The van der Waals surface area contributed by atoms with Crippen molar-refractivity contribution in [3.05, 3.63) is 60.7 Å². The van der Waals surface area contributed by atoms with Crippen molar-refractivity contribution in [1.29, 1.82) is 0 Å². The second-order valence-electron chi connectivity index (χ2n) is 21.0. The molecule has 0 radical (unpaired) electrons. The number of aliphatic hydroxyl groups is 1. The molecule has 0 aliphatic carbocycles. The van der Waals surface area contributed by atoms with Crippen LogP contribution in [0.4, 0.5) is 4.79 Å². The summed E-state index contributed by atoms with van der Waals surface area (Å²) in [5.74, 6) is 0.115. The van der Waals surface area contributed by atoms with Gasteiger partial charge in [0.25, 0.3) is 0 Å². The van der Waals surface area contributed by atoms with Crippen LogP contribution >= 0.6 is 42.6 Å². The van der Waals surface area contributed by atoms with Crippen LogP contribution < -0.4 is 14.4 Å². The molecule has 18 heteroatoms. The number of nitrogens with one attached hydrogen (secondary N) is 1. The number of halogens is 3. The zero-order chi connectivity index (χ0) is 53.6. The molecular weight excluding hydrogens is 1030 g/mol. The zero-order valence-corrected chi connectivity index (χ0v) is 49.3. The Kier molecular flexibility index (Phi) is 31.6.